The SMILES string of the molecule is CCC1CCCCC1[C@@H](C)C(=O)NC1NC2CCNCC2N1. The Morgan fingerprint density at radius 2 is 1.95 bits per heavy atom. The average Bonchev–Trinajstić information content (AvgIpc) is 2.96. The molecule has 0 bridgehead atoms. The summed E-state index contributed by atoms with van der Waals surface area (Å²) in [7, 11) is 0. The highest BCUT2D eigenvalue weighted by Gasteiger charge is 2.37. The summed E-state index contributed by atoms with van der Waals surface area (Å²) in [4.78, 5) is 12.7. The number of nitrogens with one attached hydrogen (secondary N) is 4. The van der Waals surface area contributed by atoms with E-state index in [0.717, 1.165) is 25.4 Å². The first-order chi connectivity index (χ1) is 10.7. The van der Waals surface area contributed by atoms with Crippen molar-refractivity contribution in [3.8, 4) is 0 Å². The summed E-state index contributed by atoms with van der Waals surface area (Å²) in [5.74, 6) is 1.62. The molecule has 0 spiro atoms. The third-order valence-electron chi connectivity index (χ3n) is 6.08. The second-order valence-electron chi connectivity index (χ2n) is 7.39. The molecule has 2 saturated heterocycles. The normalized spacial score (nSPS) is 40.0. The maximum Gasteiger partial charge on any atom is 0.225 e. The van der Waals surface area contributed by atoms with Crippen molar-refractivity contribution in [3.05, 3.63) is 0 Å². The molecule has 2 heterocycles. The highest BCUT2D eigenvalue weighted by atomic mass is 16.2. The summed E-state index contributed by atoms with van der Waals surface area (Å²) in [5, 5.41) is 13.6. The van der Waals surface area contributed by atoms with Crippen molar-refractivity contribution in [2.75, 3.05) is 13.1 Å². The summed E-state index contributed by atoms with van der Waals surface area (Å²) in [6, 6.07) is 0.923. The van der Waals surface area contributed by atoms with Crippen LogP contribution in [0.1, 0.15) is 52.4 Å². The Bertz CT molecular complexity index is 375. The first-order valence-electron chi connectivity index (χ1n) is 9.22. The lowest BCUT2D eigenvalue weighted by Gasteiger charge is -2.35. The van der Waals surface area contributed by atoms with Crippen LogP contribution in [0.5, 0.6) is 0 Å². The monoisotopic (exact) mass is 308 g/mol. The fourth-order valence-electron chi connectivity index (χ4n) is 4.66. The Hall–Kier alpha value is -0.650. The number of carbonyl (C=O) groups excluding carboxylic acids is 1. The molecule has 0 aromatic rings. The molecular weight excluding hydrogens is 276 g/mol. The van der Waals surface area contributed by atoms with Crippen molar-refractivity contribution in [1.82, 2.24) is 21.3 Å². The minimum absolute atomic E-state index is 0.0616. The lowest BCUT2D eigenvalue weighted by Crippen LogP contribution is -2.52. The van der Waals surface area contributed by atoms with Crippen LogP contribution in [0.25, 0.3) is 0 Å². The molecule has 1 saturated carbocycles. The Morgan fingerprint density at radius 3 is 2.73 bits per heavy atom. The van der Waals surface area contributed by atoms with E-state index < -0.39 is 0 Å². The predicted octanol–water partition coefficient (Wildman–Crippen LogP) is 1.16. The van der Waals surface area contributed by atoms with Crippen molar-refractivity contribution in [3.63, 3.8) is 0 Å². The van der Waals surface area contributed by atoms with E-state index in [9.17, 15) is 4.79 Å². The molecule has 4 N–H and O–H groups in total. The molecule has 5 unspecified atom stereocenters. The Kier molecular flexibility index (Phi) is 5.37. The van der Waals surface area contributed by atoms with Crippen molar-refractivity contribution < 1.29 is 4.79 Å². The molecule has 5 nitrogen and oxygen atoms in total. The van der Waals surface area contributed by atoms with E-state index in [1.54, 1.807) is 0 Å². The number of fused-ring (bicyclic) bond motifs is 1. The second kappa shape index (κ2) is 7.28. The van der Waals surface area contributed by atoms with Gasteiger partial charge in [-0.3, -0.25) is 15.4 Å². The minimum atomic E-state index is -0.0616. The maximum absolute atomic E-state index is 12.7. The Labute approximate surface area is 134 Å². The summed E-state index contributed by atoms with van der Waals surface area (Å²) < 4.78 is 0. The van der Waals surface area contributed by atoms with Gasteiger partial charge in [0.2, 0.25) is 5.91 Å². The van der Waals surface area contributed by atoms with E-state index in [1.807, 2.05) is 0 Å². The van der Waals surface area contributed by atoms with Crippen LogP contribution in [-0.2, 0) is 4.79 Å². The van der Waals surface area contributed by atoms with Gasteiger partial charge < -0.3 is 10.6 Å². The van der Waals surface area contributed by atoms with Crippen LogP contribution < -0.4 is 21.3 Å². The molecule has 1 aliphatic carbocycles. The quantitative estimate of drug-likeness (QED) is 0.629. The first-order valence-corrected chi connectivity index (χ1v) is 9.22. The standard InChI is InChI=1S/C17H32N4O/c1-3-12-6-4-5-7-13(12)11(2)16(22)21-17-19-14-8-9-18-10-15(14)20-17/h11-15,17-20H,3-10H2,1-2H3,(H,21,22)/t11-,12?,13?,14?,15?,17?/m1/s1. The van der Waals surface area contributed by atoms with Crippen molar-refractivity contribution in [2.45, 2.75) is 70.7 Å². The molecule has 3 rings (SSSR count). The van der Waals surface area contributed by atoms with Gasteiger partial charge in [-0.2, -0.15) is 0 Å². The zero-order valence-corrected chi connectivity index (χ0v) is 14.0. The molecule has 2 aliphatic heterocycles. The van der Waals surface area contributed by atoms with Crippen LogP contribution in [-0.4, -0.2) is 37.4 Å². The van der Waals surface area contributed by atoms with Gasteiger partial charge in [-0.15, -0.1) is 0 Å². The lowest BCUT2D eigenvalue weighted by atomic mass is 9.71. The first kappa shape index (κ1) is 16.2. The van der Waals surface area contributed by atoms with E-state index in [0.29, 0.717) is 18.0 Å². The van der Waals surface area contributed by atoms with Crippen LogP contribution in [0, 0.1) is 17.8 Å². The van der Waals surface area contributed by atoms with Crippen LogP contribution in [0.3, 0.4) is 0 Å². The van der Waals surface area contributed by atoms with Gasteiger partial charge in [-0.05, 0) is 31.2 Å². The van der Waals surface area contributed by atoms with Gasteiger partial charge in [-0.25, -0.2) is 0 Å². The lowest BCUT2D eigenvalue weighted by molar-refractivity contribution is -0.128. The smallest absolute Gasteiger partial charge is 0.225 e. The molecule has 0 aromatic heterocycles. The predicted molar refractivity (Wildman–Crippen MR) is 88.2 cm³/mol. The van der Waals surface area contributed by atoms with Gasteiger partial charge in [0.1, 0.15) is 6.29 Å². The van der Waals surface area contributed by atoms with Crippen molar-refractivity contribution in [1.29, 1.82) is 0 Å². The highest BCUT2D eigenvalue weighted by molar-refractivity contribution is 5.78. The van der Waals surface area contributed by atoms with Gasteiger partial charge in [-0.1, -0.05) is 39.5 Å². The summed E-state index contributed by atoms with van der Waals surface area (Å²) >= 11 is 0. The fraction of sp³-hybridized carbons (Fsp3) is 0.941. The van der Waals surface area contributed by atoms with Gasteiger partial charge in [0, 0.05) is 24.5 Å². The van der Waals surface area contributed by atoms with Crippen LogP contribution in [0.2, 0.25) is 0 Å². The van der Waals surface area contributed by atoms with Gasteiger partial charge in [0.15, 0.2) is 0 Å². The fourth-order valence-corrected chi connectivity index (χ4v) is 4.66. The van der Waals surface area contributed by atoms with Crippen molar-refractivity contribution >= 4 is 5.91 Å². The number of amides is 1. The molecule has 6 atom stereocenters. The number of carbonyl (C=O) groups is 1. The molecular formula is C17H32N4O. The van der Waals surface area contributed by atoms with E-state index in [4.69, 9.17) is 0 Å². The highest BCUT2D eigenvalue weighted by Crippen LogP contribution is 2.37. The second-order valence-corrected chi connectivity index (χ2v) is 7.39. The summed E-state index contributed by atoms with van der Waals surface area (Å²) in [6.07, 6.45) is 7.41. The number of hydrogen-bond acceptors (Lipinski definition) is 4. The Morgan fingerprint density at radius 1 is 1.18 bits per heavy atom. The van der Waals surface area contributed by atoms with E-state index in [-0.39, 0.29) is 18.1 Å². The largest absolute Gasteiger partial charge is 0.328 e. The van der Waals surface area contributed by atoms with E-state index in [1.165, 1.54) is 32.1 Å². The molecule has 0 aromatic carbocycles. The molecule has 3 fully saturated rings. The van der Waals surface area contributed by atoms with Crippen LogP contribution >= 0.6 is 0 Å². The topological polar surface area (TPSA) is 65.2 Å². The van der Waals surface area contributed by atoms with Gasteiger partial charge in [0.05, 0.1) is 0 Å². The number of rotatable bonds is 4. The Balaban J connectivity index is 1.52. The molecule has 22 heavy (non-hydrogen) atoms. The third kappa shape index (κ3) is 3.47. The molecule has 0 radical (unpaired) electrons. The average molecular weight is 308 g/mol. The number of piperidine rings is 1. The molecule has 126 valence electrons. The number of hydrogen-bond donors (Lipinski definition) is 4. The molecule has 5 heteroatoms. The van der Waals surface area contributed by atoms with Gasteiger partial charge in [0.25, 0.3) is 0 Å². The minimum Gasteiger partial charge on any atom is -0.328 e. The van der Waals surface area contributed by atoms with Gasteiger partial charge >= 0.3 is 0 Å². The molecule has 1 amide bonds. The van der Waals surface area contributed by atoms with Crippen molar-refractivity contribution in [2.24, 2.45) is 17.8 Å². The van der Waals surface area contributed by atoms with E-state index >= 15 is 0 Å². The summed E-state index contributed by atoms with van der Waals surface area (Å²) in [6.45, 7) is 6.44. The zero-order valence-electron chi connectivity index (χ0n) is 14.0. The van der Waals surface area contributed by atoms with Crippen LogP contribution in [0.4, 0.5) is 0 Å². The molecule has 3 aliphatic rings. The zero-order chi connectivity index (χ0) is 15.5. The van der Waals surface area contributed by atoms with E-state index in [2.05, 4.69) is 35.1 Å². The summed E-state index contributed by atoms with van der Waals surface area (Å²) in [5.41, 5.74) is 0. The van der Waals surface area contributed by atoms with Crippen LogP contribution in [0.15, 0.2) is 0 Å². The third-order valence-corrected chi connectivity index (χ3v) is 6.08. The maximum atomic E-state index is 12.7.